The van der Waals surface area contributed by atoms with Crippen LogP contribution in [0.15, 0.2) is 6.20 Å². The van der Waals surface area contributed by atoms with Crippen LogP contribution in [0.3, 0.4) is 0 Å². The maximum absolute atomic E-state index is 12.3. The van der Waals surface area contributed by atoms with Crippen LogP contribution in [0.4, 0.5) is 13.2 Å². The molecule has 0 aromatic carbocycles. The highest BCUT2D eigenvalue weighted by Crippen LogP contribution is 2.33. The molecule has 0 spiro atoms. The summed E-state index contributed by atoms with van der Waals surface area (Å²) in [5.41, 5.74) is -1.83. The van der Waals surface area contributed by atoms with Gasteiger partial charge in [0.05, 0.1) is 17.8 Å². The van der Waals surface area contributed by atoms with E-state index in [9.17, 15) is 13.2 Å². The third-order valence-electron chi connectivity index (χ3n) is 2.91. The molecular formula is C14H16F3N3S. The average molecular weight is 315 g/mol. The second kappa shape index (κ2) is 6.03. The highest BCUT2D eigenvalue weighted by atomic mass is 32.1. The van der Waals surface area contributed by atoms with Gasteiger partial charge in [-0.25, -0.2) is 11.6 Å². The number of alkyl halides is 3. The van der Waals surface area contributed by atoms with Gasteiger partial charge in [-0.3, -0.25) is 4.85 Å². The molecule has 7 heteroatoms. The third-order valence-corrected chi connectivity index (χ3v) is 4.33. The Labute approximate surface area is 126 Å². The number of rotatable bonds is 4. The molecule has 0 saturated heterocycles. The van der Waals surface area contributed by atoms with Crippen molar-refractivity contribution in [1.82, 2.24) is 4.98 Å². The molecule has 1 unspecified atom stereocenters. The van der Waals surface area contributed by atoms with Crippen molar-refractivity contribution in [3.05, 3.63) is 27.5 Å². The van der Waals surface area contributed by atoms with E-state index in [1.807, 2.05) is 20.8 Å². The van der Waals surface area contributed by atoms with E-state index in [1.165, 1.54) is 11.3 Å². The first kappa shape index (κ1) is 17.5. The second-order valence-corrected chi connectivity index (χ2v) is 7.04. The van der Waals surface area contributed by atoms with Crippen LogP contribution in [0.25, 0.3) is 4.85 Å². The van der Waals surface area contributed by atoms with Crippen molar-refractivity contribution in [2.75, 3.05) is 0 Å². The molecule has 0 N–H and O–H groups in total. The predicted molar refractivity (Wildman–Crippen MR) is 74.8 cm³/mol. The summed E-state index contributed by atoms with van der Waals surface area (Å²) in [6.45, 7) is 13.0. The number of hydrogen-bond acceptors (Lipinski definition) is 3. The average Bonchev–Trinajstić information content (AvgIpc) is 2.82. The normalized spacial score (nSPS) is 15.0. The number of hydrogen-bond donors (Lipinski definition) is 0. The fourth-order valence-corrected chi connectivity index (χ4v) is 2.75. The first-order valence-corrected chi connectivity index (χ1v) is 7.15. The van der Waals surface area contributed by atoms with Crippen molar-refractivity contribution >= 4 is 11.3 Å². The molecule has 1 heterocycles. The maximum atomic E-state index is 12.3. The summed E-state index contributed by atoms with van der Waals surface area (Å²) < 4.78 is 37.0. The van der Waals surface area contributed by atoms with Crippen LogP contribution in [0.2, 0.25) is 0 Å². The fourth-order valence-electron chi connectivity index (χ4n) is 1.68. The minimum atomic E-state index is -4.36. The Kier molecular flexibility index (Phi) is 5.01. The molecule has 0 bridgehead atoms. The zero-order chi connectivity index (χ0) is 16.3. The van der Waals surface area contributed by atoms with Gasteiger partial charge in [-0.2, -0.15) is 18.4 Å². The zero-order valence-electron chi connectivity index (χ0n) is 12.1. The van der Waals surface area contributed by atoms with Crippen molar-refractivity contribution in [1.29, 1.82) is 5.26 Å². The summed E-state index contributed by atoms with van der Waals surface area (Å²) in [5, 5.41) is 9.99. The lowest BCUT2D eigenvalue weighted by molar-refractivity contribution is -0.136. The van der Waals surface area contributed by atoms with E-state index in [-0.39, 0.29) is 11.8 Å². The van der Waals surface area contributed by atoms with Gasteiger partial charge in [-0.1, -0.05) is 20.8 Å². The Bertz CT molecular complexity index is 556. The van der Waals surface area contributed by atoms with E-state index < -0.39 is 24.6 Å². The summed E-state index contributed by atoms with van der Waals surface area (Å²) in [6.07, 6.45) is -4.48. The van der Waals surface area contributed by atoms with E-state index in [1.54, 1.807) is 12.3 Å². The van der Waals surface area contributed by atoms with Crippen LogP contribution in [-0.4, -0.2) is 16.7 Å². The van der Waals surface area contributed by atoms with Gasteiger partial charge >= 0.3 is 11.7 Å². The lowest BCUT2D eigenvalue weighted by atomic mass is 9.91. The Morgan fingerprint density at radius 2 is 1.95 bits per heavy atom. The van der Waals surface area contributed by atoms with Crippen molar-refractivity contribution in [3.63, 3.8) is 0 Å². The van der Waals surface area contributed by atoms with Crippen LogP contribution < -0.4 is 0 Å². The highest BCUT2D eigenvalue weighted by molar-refractivity contribution is 7.11. The molecule has 1 aromatic rings. The lowest BCUT2D eigenvalue weighted by Crippen LogP contribution is -2.27. The molecule has 1 aromatic heterocycles. The van der Waals surface area contributed by atoms with Crippen molar-refractivity contribution in [3.8, 4) is 6.07 Å². The van der Waals surface area contributed by atoms with Crippen molar-refractivity contribution in [2.24, 2.45) is 0 Å². The number of thiazole rings is 1. The molecule has 0 fully saturated rings. The van der Waals surface area contributed by atoms with Gasteiger partial charge in [0.2, 0.25) is 0 Å². The Morgan fingerprint density at radius 1 is 1.33 bits per heavy atom. The molecular weight excluding hydrogens is 299 g/mol. The minimum Gasteiger partial charge on any atom is -0.294 e. The molecule has 114 valence electrons. The van der Waals surface area contributed by atoms with Gasteiger partial charge in [-0.05, 0) is 0 Å². The predicted octanol–water partition coefficient (Wildman–Crippen LogP) is 4.51. The molecule has 1 rings (SSSR count). The SMILES string of the molecule is [C-]#[N+]C(C#N)(CCC(F)(F)F)Cc1cnc(C(C)(C)C)s1. The summed E-state index contributed by atoms with van der Waals surface area (Å²) in [5.74, 6) is 0. The Morgan fingerprint density at radius 3 is 2.33 bits per heavy atom. The summed E-state index contributed by atoms with van der Waals surface area (Å²) in [6, 6.07) is 1.76. The lowest BCUT2D eigenvalue weighted by Gasteiger charge is -2.15. The van der Waals surface area contributed by atoms with Gasteiger partial charge in [-0.15, -0.1) is 11.3 Å². The molecule has 0 saturated carbocycles. The summed E-state index contributed by atoms with van der Waals surface area (Å²) in [7, 11) is 0. The van der Waals surface area contributed by atoms with Crippen LogP contribution in [0, 0.1) is 17.9 Å². The molecule has 21 heavy (non-hydrogen) atoms. The number of halogens is 3. The molecule has 0 radical (unpaired) electrons. The van der Waals surface area contributed by atoms with Crippen molar-refractivity contribution < 1.29 is 13.2 Å². The second-order valence-electron chi connectivity index (χ2n) is 5.93. The Balaban J connectivity index is 2.92. The first-order chi connectivity index (χ1) is 9.51. The van der Waals surface area contributed by atoms with Crippen LogP contribution in [0.5, 0.6) is 0 Å². The molecule has 0 amide bonds. The largest absolute Gasteiger partial charge is 0.389 e. The topological polar surface area (TPSA) is 41.0 Å². The van der Waals surface area contributed by atoms with E-state index in [4.69, 9.17) is 11.8 Å². The maximum Gasteiger partial charge on any atom is 0.389 e. The number of nitriles is 1. The monoisotopic (exact) mass is 315 g/mol. The Hall–Kier alpha value is -1.60. The first-order valence-electron chi connectivity index (χ1n) is 6.33. The molecule has 0 aliphatic rings. The van der Waals surface area contributed by atoms with Crippen LogP contribution in [-0.2, 0) is 11.8 Å². The van der Waals surface area contributed by atoms with E-state index in [2.05, 4.69) is 9.83 Å². The van der Waals surface area contributed by atoms with Gasteiger partial charge in [0.15, 0.2) is 6.07 Å². The van der Waals surface area contributed by atoms with Crippen molar-refractivity contribution in [2.45, 2.75) is 57.2 Å². The quantitative estimate of drug-likeness (QED) is 0.767. The van der Waals surface area contributed by atoms with Crippen LogP contribution in [0.1, 0.15) is 43.5 Å². The standard InChI is InChI=1S/C14H16F3N3S/c1-12(2,3)11-20-8-10(21-11)7-13(9-18,19-4)5-6-14(15,16)17/h8H,5-7H2,1-3H3. The number of nitrogens with zero attached hydrogens (tertiary/aromatic N) is 3. The van der Waals surface area contributed by atoms with Gasteiger partial charge in [0, 0.05) is 22.9 Å². The highest BCUT2D eigenvalue weighted by Gasteiger charge is 2.42. The van der Waals surface area contributed by atoms with E-state index in [0.717, 1.165) is 5.01 Å². The van der Waals surface area contributed by atoms with Gasteiger partial charge in [0.1, 0.15) is 0 Å². The van der Waals surface area contributed by atoms with Gasteiger partial charge < -0.3 is 0 Å². The molecule has 0 aliphatic carbocycles. The number of aromatic nitrogens is 1. The molecule has 0 aliphatic heterocycles. The smallest absolute Gasteiger partial charge is 0.294 e. The minimum absolute atomic E-state index is 0.0170. The van der Waals surface area contributed by atoms with Crippen LogP contribution >= 0.6 is 11.3 Å². The third kappa shape index (κ3) is 5.02. The van der Waals surface area contributed by atoms with E-state index in [0.29, 0.717) is 4.88 Å². The van der Waals surface area contributed by atoms with Gasteiger partial charge in [0.25, 0.3) is 0 Å². The fraction of sp³-hybridized carbons (Fsp3) is 0.643. The summed E-state index contributed by atoms with van der Waals surface area (Å²) >= 11 is 1.34. The zero-order valence-corrected chi connectivity index (χ0v) is 12.9. The van der Waals surface area contributed by atoms with E-state index >= 15 is 0 Å². The molecule has 3 nitrogen and oxygen atoms in total. The summed E-state index contributed by atoms with van der Waals surface area (Å²) in [4.78, 5) is 8.08. The molecule has 1 atom stereocenters.